The first-order chi connectivity index (χ1) is 9.31. The van der Waals surface area contributed by atoms with Gasteiger partial charge in [0.05, 0.1) is 0 Å². The molecule has 0 radical (unpaired) electrons. The van der Waals surface area contributed by atoms with Crippen LogP contribution in [0.5, 0.6) is 0 Å². The second kappa shape index (κ2) is 7.59. The molecule has 0 amide bonds. The zero-order valence-corrected chi connectivity index (χ0v) is 12.5. The van der Waals surface area contributed by atoms with Crippen molar-refractivity contribution in [2.75, 3.05) is 13.6 Å². The van der Waals surface area contributed by atoms with Gasteiger partial charge in [0.1, 0.15) is 0 Å². The monoisotopic (exact) mass is 291 g/mol. The van der Waals surface area contributed by atoms with Crippen molar-refractivity contribution in [3.63, 3.8) is 0 Å². The molecule has 0 fully saturated rings. The summed E-state index contributed by atoms with van der Waals surface area (Å²) in [5.41, 5.74) is 2.56. The van der Waals surface area contributed by atoms with Crippen molar-refractivity contribution in [2.45, 2.75) is 11.0 Å². The Morgan fingerprint density at radius 3 is 2.42 bits per heavy atom. The molecule has 19 heavy (non-hydrogen) atoms. The Balaban J connectivity index is 2.04. The summed E-state index contributed by atoms with van der Waals surface area (Å²) in [5, 5.41) is 4.56. The summed E-state index contributed by atoms with van der Waals surface area (Å²) < 4.78 is 0. The fourth-order valence-corrected chi connectivity index (χ4v) is 3.48. The predicted molar refractivity (Wildman–Crippen MR) is 85.9 cm³/mol. The molecule has 0 aliphatic heterocycles. The van der Waals surface area contributed by atoms with Crippen molar-refractivity contribution < 1.29 is 0 Å². The maximum atomic E-state index is 6.20. The van der Waals surface area contributed by atoms with E-state index in [0.29, 0.717) is 5.25 Å². The SMILES string of the molecule is CNCC(SCc1ccccc1Cl)c1ccccc1. The molecule has 0 spiro atoms. The van der Waals surface area contributed by atoms with Crippen LogP contribution in [0, 0.1) is 0 Å². The molecule has 0 aliphatic carbocycles. The van der Waals surface area contributed by atoms with Crippen molar-refractivity contribution in [3.8, 4) is 0 Å². The first-order valence-corrected chi connectivity index (χ1v) is 7.78. The third-order valence-electron chi connectivity index (χ3n) is 2.96. The summed E-state index contributed by atoms with van der Waals surface area (Å²) in [6.45, 7) is 0.957. The molecule has 0 aliphatic rings. The Morgan fingerprint density at radius 2 is 1.74 bits per heavy atom. The number of rotatable bonds is 6. The molecule has 3 heteroatoms. The van der Waals surface area contributed by atoms with Gasteiger partial charge in [-0.2, -0.15) is 0 Å². The molecule has 1 N–H and O–H groups in total. The van der Waals surface area contributed by atoms with Gasteiger partial charge < -0.3 is 5.32 Å². The molecule has 0 heterocycles. The molecule has 2 aromatic rings. The standard InChI is InChI=1S/C16H18ClNS/c1-18-11-16(13-7-3-2-4-8-13)19-12-14-9-5-6-10-15(14)17/h2-10,16,18H,11-12H2,1H3. The van der Waals surface area contributed by atoms with Gasteiger partial charge >= 0.3 is 0 Å². The zero-order valence-electron chi connectivity index (χ0n) is 11.0. The minimum atomic E-state index is 0.447. The third-order valence-corrected chi connectivity index (χ3v) is 4.65. The van der Waals surface area contributed by atoms with E-state index in [4.69, 9.17) is 11.6 Å². The highest BCUT2D eigenvalue weighted by Gasteiger charge is 2.11. The van der Waals surface area contributed by atoms with Gasteiger partial charge in [-0.15, -0.1) is 11.8 Å². The fraction of sp³-hybridized carbons (Fsp3) is 0.250. The first kappa shape index (κ1) is 14.4. The maximum Gasteiger partial charge on any atom is 0.0446 e. The van der Waals surface area contributed by atoms with E-state index in [0.717, 1.165) is 17.3 Å². The molecule has 100 valence electrons. The quantitative estimate of drug-likeness (QED) is 0.839. The molecular weight excluding hydrogens is 274 g/mol. The number of benzene rings is 2. The van der Waals surface area contributed by atoms with Crippen LogP contribution in [0.3, 0.4) is 0 Å². The summed E-state index contributed by atoms with van der Waals surface area (Å²) in [5.74, 6) is 0.931. The second-order valence-electron chi connectivity index (χ2n) is 4.36. The fourth-order valence-electron chi connectivity index (χ4n) is 1.93. The van der Waals surface area contributed by atoms with Gasteiger partial charge in [-0.1, -0.05) is 60.1 Å². The highest BCUT2D eigenvalue weighted by Crippen LogP contribution is 2.32. The lowest BCUT2D eigenvalue weighted by molar-refractivity contribution is 0.777. The number of thioether (sulfide) groups is 1. The summed E-state index contributed by atoms with van der Waals surface area (Å²) in [6, 6.07) is 18.7. The summed E-state index contributed by atoms with van der Waals surface area (Å²) in [7, 11) is 1.99. The van der Waals surface area contributed by atoms with Crippen LogP contribution in [-0.2, 0) is 5.75 Å². The van der Waals surface area contributed by atoms with E-state index >= 15 is 0 Å². The lowest BCUT2D eigenvalue weighted by Gasteiger charge is -2.17. The van der Waals surface area contributed by atoms with Crippen molar-refractivity contribution >= 4 is 23.4 Å². The molecule has 0 bridgehead atoms. The smallest absolute Gasteiger partial charge is 0.0446 e. The largest absolute Gasteiger partial charge is 0.318 e. The third kappa shape index (κ3) is 4.27. The van der Waals surface area contributed by atoms with E-state index in [2.05, 4.69) is 41.7 Å². The zero-order chi connectivity index (χ0) is 13.5. The Labute approximate surface area is 124 Å². The van der Waals surface area contributed by atoms with E-state index < -0.39 is 0 Å². The van der Waals surface area contributed by atoms with Crippen LogP contribution in [-0.4, -0.2) is 13.6 Å². The van der Waals surface area contributed by atoms with Crippen LogP contribution in [0.25, 0.3) is 0 Å². The van der Waals surface area contributed by atoms with E-state index in [1.165, 1.54) is 11.1 Å². The second-order valence-corrected chi connectivity index (χ2v) is 5.96. The van der Waals surface area contributed by atoms with Gasteiger partial charge in [0, 0.05) is 22.6 Å². The minimum Gasteiger partial charge on any atom is -0.318 e. The van der Waals surface area contributed by atoms with Crippen LogP contribution < -0.4 is 5.32 Å². The van der Waals surface area contributed by atoms with E-state index in [-0.39, 0.29) is 0 Å². The highest BCUT2D eigenvalue weighted by molar-refractivity contribution is 7.98. The molecule has 1 unspecified atom stereocenters. The number of nitrogens with one attached hydrogen (secondary N) is 1. The first-order valence-electron chi connectivity index (χ1n) is 6.36. The molecule has 2 rings (SSSR count). The lowest BCUT2D eigenvalue weighted by atomic mass is 10.1. The number of halogens is 1. The summed E-state index contributed by atoms with van der Waals surface area (Å²) >= 11 is 8.12. The van der Waals surface area contributed by atoms with E-state index in [1.807, 2.05) is 37.0 Å². The van der Waals surface area contributed by atoms with E-state index in [9.17, 15) is 0 Å². The van der Waals surface area contributed by atoms with Gasteiger partial charge in [0.2, 0.25) is 0 Å². The molecule has 2 aromatic carbocycles. The molecule has 1 nitrogen and oxygen atoms in total. The van der Waals surface area contributed by atoms with Gasteiger partial charge in [-0.25, -0.2) is 0 Å². The number of hydrogen-bond acceptors (Lipinski definition) is 2. The van der Waals surface area contributed by atoms with E-state index in [1.54, 1.807) is 0 Å². The minimum absolute atomic E-state index is 0.447. The molecule has 0 aromatic heterocycles. The summed E-state index contributed by atoms with van der Waals surface area (Å²) in [4.78, 5) is 0. The van der Waals surface area contributed by atoms with Crippen molar-refractivity contribution in [2.24, 2.45) is 0 Å². The topological polar surface area (TPSA) is 12.0 Å². The van der Waals surface area contributed by atoms with Crippen LogP contribution in [0.2, 0.25) is 5.02 Å². The highest BCUT2D eigenvalue weighted by atomic mass is 35.5. The maximum absolute atomic E-state index is 6.20. The Kier molecular flexibility index (Phi) is 5.77. The average molecular weight is 292 g/mol. The van der Waals surface area contributed by atoms with Gasteiger partial charge in [-0.05, 0) is 24.2 Å². The Hall–Kier alpha value is -0.960. The Bertz CT molecular complexity index is 501. The van der Waals surface area contributed by atoms with Crippen molar-refractivity contribution in [1.82, 2.24) is 5.32 Å². The van der Waals surface area contributed by atoms with Gasteiger partial charge in [-0.3, -0.25) is 0 Å². The van der Waals surface area contributed by atoms with Crippen LogP contribution in [0.4, 0.5) is 0 Å². The van der Waals surface area contributed by atoms with Crippen molar-refractivity contribution in [3.05, 3.63) is 70.7 Å². The summed E-state index contributed by atoms with van der Waals surface area (Å²) in [6.07, 6.45) is 0. The lowest BCUT2D eigenvalue weighted by Crippen LogP contribution is -2.15. The molecule has 0 saturated heterocycles. The molecule has 0 saturated carbocycles. The number of likely N-dealkylation sites (N-methyl/N-ethyl adjacent to an activating group) is 1. The molecular formula is C16H18ClNS. The van der Waals surface area contributed by atoms with Gasteiger partial charge in [0.15, 0.2) is 0 Å². The normalized spacial score (nSPS) is 12.3. The average Bonchev–Trinajstić information content (AvgIpc) is 2.46. The number of hydrogen-bond donors (Lipinski definition) is 1. The Morgan fingerprint density at radius 1 is 1.05 bits per heavy atom. The van der Waals surface area contributed by atoms with Crippen LogP contribution in [0.15, 0.2) is 54.6 Å². The molecule has 1 atom stereocenters. The van der Waals surface area contributed by atoms with Gasteiger partial charge in [0.25, 0.3) is 0 Å². The van der Waals surface area contributed by atoms with Crippen LogP contribution in [0.1, 0.15) is 16.4 Å². The van der Waals surface area contributed by atoms with Crippen LogP contribution >= 0.6 is 23.4 Å². The predicted octanol–water partition coefficient (Wildman–Crippen LogP) is 4.53. The van der Waals surface area contributed by atoms with Crippen molar-refractivity contribution in [1.29, 1.82) is 0 Å².